The van der Waals surface area contributed by atoms with Gasteiger partial charge in [-0.2, -0.15) is 0 Å². The molecule has 2 N–H and O–H groups in total. The Morgan fingerprint density at radius 1 is 1.37 bits per heavy atom. The van der Waals surface area contributed by atoms with Crippen LogP contribution in [0.2, 0.25) is 0 Å². The van der Waals surface area contributed by atoms with Gasteiger partial charge in [-0.1, -0.05) is 11.6 Å². The maximum atomic E-state index is 12.4. The minimum atomic E-state index is 0.171. The molecule has 2 atom stereocenters. The van der Waals surface area contributed by atoms with Gasteiger partial charge in [0.2, 0.25) is 5.91 Å². The Kier molecular flexibility index (Phi) is 3.50. The van der Waals surface area contributed by atoms with Crippen LogP contribution in [0.4, 0.5) is 0 Å². The lowest BCUT2D eigenvalue weighted by molar-refractivity contribution is -0.136. The molecule has 3 rings (SSSR count). The molecule has 1 saturated heterocycles. The van der Waals surface area contributed by atoms with Crippen LogP contribution in [0.3, 0.4) is 0 Å². The highest BCUT2D eigenvalue weighted by molar-refractivity contribution is 5.76. The summed E-state index contributed by atoms with van der Waals surface area (Å²) in [6.45, 7) is 1.55. The summed E-state index contributed by atoms with van der Waals surface area (Å²) in [6.07, 6.45) is 7.90. The van der Waals surface area contributed by atoms with Gasteiger partial charge in [0.15, 0.2) is 0 Å². The zero-order valence-electron chi connectivity index (χ0n) is 11.2. The van der Waals surface area contributed by atoms with Crippen molar-refractivity contribution in [1.82, 2.24) is 19.9 Å². The standard InChI is InChI=1S/C13H21N5O/c14-7-11-8-17(16-15-11)9-13(19)18-6-2-4-10-3-1-5-12(10)18/h8,10,12H,1-7,9,14H2. The predicted octanol–water partition coefficient (Wildman–Crippen LogP) is 0.528. The quantitative estimate of drug-likeness (QED) is 0.863. The molecule has 1 aromatic heterocycles. The normalized spacial score (nSPS) is 26.5. The van der Waals surface area contributed by atoms with E-state index in [2.05, 4.69) is 15.2 Å². The smallest absolute Gasteiger partial charge is 0.244 e. The number of aromatic nitrogens is 3. The van der Waals surface area contributed by atoms with E-state index in [9.17, 15) is 4.79 Å². The minimum Gasteiger partial charge on any atom is -0.338 e. The molecule has 0 aromatic carbocycles. The predicted molar refractivity (Wildman–Crippen MR) is 70.0 cm³/mol. The van der Waals surface area contributed by atoms with Crippen LogP contribution in [-0.4, -0.2) is 38.4 Å². The van der Waals surface area contributed by atoms with E-state index in [4.69, 9.17) is 5.73 Å². The van der Waals surface area contributed by atoms with E-state index in [0.29, 0.717) is 12.6 Å². The number of likely N-dealkylation sites (tertiary alicyclic amines) is 1. The molecule has 1 saturated carbocycles. The fourth-order valence-electron chi connectivity index (χ4n) is 3.50. The molecule has 2 aliphatic rings. The molecule has 1 aliphatic carbocycles. The first-order valence-corrected chi connectivity index (χ1v) is 7.16. The molecular weight excluding hydrogens is 242 g/mol. The van der Waals surface area contributed by atoms with Crippen LogP contribution in [0.25, 0.3) is 0 Å². The zero-order valence-corrected chi connectivity index (χ0v) is 11.2. The summed E-state index contributed by atoms with van der Waals surface area (Å²) in [7, 11) is 0. The number of rotatable bonds is 3. The Labute approximate surface area is 112 Å². The van der Waals surface area contributed by atoms with E-state index in [1.165, 1.54) is 25.7 Å². The highest BCUT2D eigenvalue weighted by Crippen LogP contribution is 2.36. The van der Waals surface area contributed by atoms with Gasteiger partial charge in [0.25, 0.3) is 0 Å². The van der Waals surface area contributed by atoms with E-state index in [0.717, 1.165) is 24.6 Å². The van der Waals surface area contributed by atoms with Crippen LogP contribution in [0.15, 0.2) is 6.20 Å². The lowest BCUT2D eigenvalue weighted by Crippen LogP contribution is -2.47. The third-order valence-corrected chi connectivity index (χ3v) is 4.41. The number of carbonyl (C=O) groups excluding carboxylic acids is 1. The topological polar surface area (TPSA) is 77.0 Å². The van der Waals surface area contributed by atoms with Crippen LogP contribution >= 0.6 is 0 Å². The van der Waals surface area contributed by atoms with E-state index in [1.807, 2.05) is 0 Å². The lowest BCUT2D eigenvalue weighted by Gasteiger charge is -2.37. The summed E-state index contributed by atoms with van der Waals surface area (Å²) in [4.78, 5) is 14.5. The Morgan fingerprint density at radius 3 is 3.00 bits per heavy atom. The number of hydrogen-bond donors (Lipinski definition) is 1. The lowest BCUT2D eigenvalue weighted by atomic mass is 9.92. The van der Waals surface area contributed by atoms with Gasteiger partial charge in [-0.05, 0) is 31.6 Å². The first-order valence-electron chi connectivity index (χ1n) is 7.16. The van der Waals surface area contributed by atoms with Crippen molar-refractivity contribution in [1.29, 1.82) is 0 Å². The Balaban J connectivity index is 1.66. The largest absolute Gasteiger partial charge is 0.338 e. The van der Waals surface area contributed by atoms with E-state index in [-0.39, 0.29) is 12.5 Å². The van der Waals surface area contributed by atoms with Gasteiger partial charge in [0, 0.05) is 19.1 Å². The highest BCUT2D eigenvalue weighted by atomic mass is 16.2. The average molecular weight is 263 g/mol. The Hall–Kier alpha value is -1.43. The number of carbonyl (C=O) groups is 1. The van der Waals surface area contributed by atoms with Crippen molar-refractivity contribution in [2.75, 3.05) is 6.54 Å². The molecule has 0 bridgehead atoms. The Bertz CT molecular complexity index is 458. The summed E-state index contributed by atoms with van der Waals surface area (Å²) >= 11 is 0. The van der Waals surface area contributed by atoms with Crippen LogP contribution in [0.1, 0.15) is 37.8 Å². The van der Waals surface area contributed by atoms with Gasteiger partial charge >= 0.3 is 0 Å². The first-order chi connectivity index (χ1) is 9.28. The van der Waals surface area contributed by atoms with E-state index >= 15 is 0 Å². The van der Waals surface area contributed by atoms with Gasteiger partial charge in [-0.3, -0.25) is 4.79 Å². The van der Waals surface area contributed by atoms with Crippen LogP contribution in [0, 0.1) is 5.92 Å². The molecule has 6 heteroatoms. The number of fused-ring (bicyclic) bond motifs is 1. The van der Waals surface area contributed by atoms with Gasteiger partial charge in [-0.15, -0.1) is 5.10 Å². The maximum absolute atomic E-state index is 12.4. The summed E-state index contributed by atoms with van der Waals surface area (Å²) < 4.78 is 1.60. The molecule has 1 aromatic rings. The molecule has 1 aliphatic heterocycles. The second kappa shape index (κ2) is 5.28. The molecule has 104 valence electrons. The van der Waals surface area contributed by atoms with Gasteiger partial charge < -0.3 is 10.6 Å². The summed E-state index contributed by atoms with van der Waals surface area (Å²) in [6, 6.07) is 0.471. The summed E-state index contributed by atoms with van der Waals surface area (Å²) in [5.41, 5.74) is 6.22. The molecule has 2 heterocycles. The van der Waals surface area contributed by atoms with Gasteiger partial charge in [0.1, 0.15) is 6.54 Å². The van der Waals surface area contributed by atoms with Crippen LogP contribution < -0.4 is 5.73 Å². The van der Waals surface area contributed by atoms with Crippen molar-refractivity contribution in [3.05, 3.63) is 11.9 Å². The summed E-state index contributed by atoms with van der Waals surface area (Å²) in [5.74, 6) is 0.901. The number of nitrogens with two attached hydrogens (primary N) is 1. The monoisotopic (exact) mass is 263 g/mol. The average Bonchev–Trinajstić information content (AvgIpc) is 3.05. The van der Waals surface area contributed by atoms with E-state index < -0.39 is 0 Å². The summed E-state index contributed by atoms with van der Waals surface area (Å²) in [5, 5.41) is 7.86. The zero-order chi connectivity index (χ0) is 13.2. The third-order valence-electron chi connectivity index (χ3n) is 4.41. The first kappa shape index (κ1) is 12.6. The number of hydrogen-bond acceptors (Lipinski definition) is 4. The third kappa shape index (κ3) is 2.49. The molecule has 1 amide bonds. The number of amides is 1. The van der Waals surface area contributed by atoms with E-state index in [1.54, 1.807) is 10.9 Å². The van der Waals surface area contributed by atoms with Crippen molar-refractivity contribution in [2.24, 2.45) is 11.7 Å². The fraction of sp³-hybridized carbons (Fsp3) is 0.769. The number of nitrogens with zero attached hydrogens (tertiary/aromatic N) is 4. The molecule has 2 fully saturated rings. The molecule has 19 heavy (non-hydrogen) atoms. The van der Waals surface area contributed by atoms with Crippen LogP contribution in [0.5, 0.6) is 0 Å². The van der Waals surface area contributed by atoms with Crippen molar-refractivity contribution in [2.45, 2.75) is 51.2 Å². The van der Waals surface area contributed by atoms with Crippen molar-refractivity contribution in [3.63, 3.8) is 0 Å². The Morgan fingerprint density at radius 2 is 2.21 bits per heavy atom. The van der Waals surface area contributed by atoms with Crippen molar-refractivity contribution < 1.29 is 4.79 Å². The van der Waals surface area contributed by atoms with Crippen molar-refractivity contribution in [3.8, 4) is 0 Å². The molecular formula is C13H21N5O. The van der Waals surface area contributed by atoms with Crippen LogP contribution in [-0.2, 0) is 17.9 Å². The molecule has 0 radical (unpaired) electrons. The maximum Gasteiger partial charge on any atom is 0.244 e. The SMILES string of the molecule is NCc1cn(CC(=O)N2CCCC3CCCC32)nn1. The van der Waals surface area contributed by atoms with Gasteiger partial charge in [-0.25, -0.2) is 4.68 Å². The minimum absolute atomic E-state index is 0.171. The van der Waals surface area contributed by atoms with Gasteiger partial charge in [0.05, 0.1) is 11.9 Å². The second-order valence-corrected chi connectivity index (χ2v) is 5.60. The number of piperidine rings is 1. The van der Waals surface area contributed by atoms with Crippen molar-refractivity contribution >= 4 is 5.91 Å². The highest BCUT2D eigenvalue weighted by Gasteiger charge is 2.37. The molecule has 6 nitrogen and oxygen atoms in total. The molecule has 2 unspecified atom stereocenters. The second-order valence-electron chi connectivity index (χ2n) is 5.60. The fourth-order valence-corrected chi connectivity index (χ4v) is 3.50. The molecule has 0 spiro atoms.